The van der Waals surface area contributed by atoms with Crippen LogP contribution in [0, 0.1) is 10.1 Å². The number of furan rings is 1. The first-order valence-electron chi connectivity index (χ1n) is 4.53. The average Bonchev–Trinajstić information content (AvgIpc) is 2.78. The van der Waals surface area contributed by atoms with Crippen LogP contribution in [0.15, 0.2) is 39.2 Å². The van der Waals surface area contributed by atoms with E-state index in [1.54, 1.807) is 0 Å². The van der Waals surface area contributed by atoms with Crippen molar-refractivity contribution >= 4 is 23.4 Å². The van der Waals surface area contributed by atoms with E-state index in [-0.39, 0.29) is 16.6 Å². The maximum Gasteiger partial charge on any atom is 0.371 e. The summed E-state index contributed by atoms with van der Waals surface area (Å²) < 4.78 is 4.98. The molecule has 0 aliphatic heterocycles. The summed E-state index contributed by atoms with van der Waals surface area (Å²) in [6.45, 7) is 0. The van der Waals surface area contributed by atoms with Gasteiger partial charge in [-0.1, -0.05) is 0 Å². The average molecular weight is 267 g/mol. The SMILES string of the molecule is O=C(O)c1ccc(Sc2ncc([N+](=O)[O-])cn2)o1. The second-order valence-corrected chi connectivity index (χ2v) is 3.98. The van der Waals surface area contributed by atoms with Gasteiger partial charge in [0.05, 0.1) is 4.92 Å². The highest BCUT2D eigenvalue weighted by atomic mass is 32.2. The monoisotopic (exact) mass is 267 g/mol. The van der Waals surface area contributed by atoms with Gasteiger partial charge in [-0.15, -0.1) is 0 Å². The summed E-state index contributed by atoms with van der Waals surface area (Å²) in [4.78, 5) is 27.9. The Morgan fingerprint density at radius 2 is 2.06 bits per heavy atom. The molecular formula is C9H5N3O5S. The molecule has 2 aromatic heterocycles. The van der Waals surface area contributed by atoms with E-state index in [0.29, 0.717) is 5.09 Å². The van der Waals surface area contributed by atoms with Crippen molar-refractivity contribution in [3.8, 4) is 0 Å². The van der Waals surface area contributed by atoms with Crippen LogP contribution in [0.3, 0.4) is 0 Å². The van der Waals surface area contributed by atoms with Crippen molar-refractivity contribution in [1.29, 1.82) is 0 Å². The van der Waals surface area contributed by atoms with Crippen LogP contribution >= 0.6 is 11.8 Å². The van der Waals surface area contributed by atoms with Gasteiger partial charge in [0, 0.05) is 0 Å². The van der Waals surface area contributed by atoms with E-state index in [1.165, 1.54) is 12.1 Å². The topological polar surface area (TPSA) is 119 Å². The maximum absolute atomic E-state index is 10.6. The third-order valence-corrected chi connectivity index (χ3v) is 2.62. The van der Waals surface area contributed by atoms with E-state index in [4.69, 9.17) is 9.52 Å². The molecule has 0 aliphatic rings. The number of nitrogens with zero attached hydrogens (tertiary/aromatic N) is 3. The Morgan fingerprint density at radius 3 is 2.56 bits per heavy atom. The predicted octanol–water partition coefficient (Wildman–Crippen LogP) is 1.83. The lowest BCUT2D eigenvalue weighted by atomic mass is 10.5. The van der Waals surface area contributed by atoms with Crippen LogP contribution in [0.2, 0.25) is 0 Å². The third kappa shape index (κ3) is 2.63. The van der Waals surface area contributed by atoms with Gasteiger partial charge in [-0.25, -0.2) is 14.8 Å². The molecule has 1 N–H and O–H groups in total. The Hall–Kier alpha value is -2.42. The molecule has 0 bridgehead atoms. The molecule has 0 aliphatic carbocycles. The van der Waals surface area contributed by atoms with E-state index in [2.05, 4.69) is 9.97 Å². The van der Waals surface area contributed by atoms with Crippen LogP contribution in [0.25, 0.3) is 0 Å². The summed E-state index contributed by atoms with van der Waals surface area (Å²) in [5, 5.41) is 19.6. The van der Waals surface area contributed by atoms with E-state index < -0.39 is 10.9 Å². The first-order chi connectivity index (χ1) is 8.56. The van der Waals surface area contributed by atoms with Gasteiger partial charge in [-0.2, -0.15) is 0 Å². The summed E-state index contributed by atoms with van der Waals surface area (Å²) in [5.74, 6) is -1.37. The Morgan fingerprint density at radius 1 is 1.39 bits per heavy atom. The quantitative estimate of drug-likeness (QED) is 0.506. The Balaban J connectivity index is 2.13. The van der Waals surface area contributed by atoms with E-state index in [1.807, 2.05) is 0 Å². The van der Waals surface area contributed by atoms with Crippen LogP contribution in [0.4, 0.5) is 5.69 Å². The normalized spacial score (nSPS) is 10.2. The lowest BCUT2D eigenvalue weighted by Gasteiger charge is -1.95. The fourth-order valence-corrected chi connectivity index (χ4v) is 1.69. The zero-order chi connectivity index (χ0) is 13.1. The molecule has 18 heavy (non-hydrogen) atoms. The summed E-state index contributed by atoms with van der Waals surface area (Å²) in [6.07, 6.45) is 2.13. The fraction of sp³-hybridized carbons (Fsp3) is 0. The number of hydrogen-bond donors (Lipinski definition) is 1. The lowest BCUT2D eigenvalue weighted by Crippen LogP contribution is -1.92. The molecule has 8 nitrogen and oxygen atoms in total. The molecule has 0 aromatic carbocycles. The number of nitro groups is 1. The molecule has 0 atom stereocenters. The number of aromatic nitrogens is 2. The Bertz CT molecular complexity index is 595. The first kappa shape index (κ1) is 12.0. The molecule has 92 valence electrons. The number of carboxylic acids is 1. The highest BCUT2D eigenvalue weighted by Gasteiger charge is 2.12. The van der Waals surface area contributed by atoms with Crippen LogP contribution in [0.1, 0.15) is 10.6 Å². The van der Waals surface area contributed by atoms with Gasteiger partial charge in [0.1, 0.15) is 12.4 Å². The lowest BCUT2D eigenvalue weighted by molar-refractivity contribution is -0.385. The highest BCUT2D eigenvalue weighted by molar-refractivity contribution is 7.99. The second-order valence-electron chi connectivity index (χ2n) is 3.01. The van der Waals surface area contributed by atoms with E-state index in [9.17, 15) is 14.9 Å². The van der Waals surface area contributed by atoms with Gasteiger partial charge in [0.15, 0.2) is 10.2 Å². The standard InChI is InChI=1S/C9H5N3O5S/c13-8(14)6-1-2-7(17-6)18-9-10-3-5(4-11-9)12(15)16/h1-4H,(H,13,14). The van der Waals surface area contributed by atoms with Crippen LogP contribution in [0.5, 0.6) is 0 Å². The summed E-state index contributed by atoms with van der Waals surface area (Å²) in [6, 6.07) is 2.76. The summed E-state index contributed by atoms with van der Waals surface area (Å²) in [7, 11) is 0. The number of aromatic carboxylic acids is 1. The minimum Gasteiger partial charge on any atom is -0.475 e. The second kappa shape index (κ2) is 4.84. The molecule has 0 saturated heterocycles. The number of carbonyl (C=O) groups is 1. The largest absolute Gasteiger partial charge is 0.475 e. The van der Waals surface area contributed by atoms with Gasteiger partial charge in [-0.05, 0) is 23.9 Å². The molecule has 0 unspecified atom stereocenters. The van der Waals surface area contributed by atoms with E-state index in [0.717, 1.165) is 24.2 Å². The Labute approximate surface area is 104 Å². The highest BCUT2D eigenvalue weighted by Crippen LogP contribution is 2.26. The zero-order valence-corrected chi connectivity index (χ0v) is 9.46. The molecular weight excluding hydrogens is 262 g/mol. The van der Waals surface area contributed by atoms with E-state index >= 15 is 0 Å². The van der Waals surface area contributed by atoms with Crippen LogP contribution in [-0.2, 0) is 0 Å². The van der Waals surface area contributed by atoms with Crippen molar-refractivity contribution in [3.63, 3.8) is 0 Å². The molecule has 0 amide bonds. The smallest absolute Gasteiger partial charge is 0.371 e. The molecule has 0 saturated carbocycles. The molecule has 9 heteroatoms. The predicted molar refractivity (Wildman–Crippen MR) is 58.5 cm³/mol. The number of rotatable bonds is 4. The van der Waals surface area contributed by atoms with Crippen LogP contribution in [-0.4, -0.2) is 26.0 Å². The van der Waals surface area contributed by atoms with Crippen LogP contribution < -0.4 is 0 Å². The minimum atomic E-state index is -1.17. The van der Waals surface area contributed by atoms with Crippen molar-refractivity contribution in [2.75, 3.05) is 0 Å². The molecule has 2 rings (SSSR count). The van der Waals surface area contributed by atoms with Gasteiger partial charge in [-0.3, -0.25) is 10.1 Å². The third-order valence-electron chi connectivity index (χ3n) is 1.81. The number of hydrogen-bond acceptors (Lipinski definition) is 7. The first-order valence-corrected chi connectivity index (χ1v) is 5.35. The Kier molecular flexibility index (Phi) is 3.24. The van der Waals surface area contributed by atoms with Gasteiger partial charge >= 0.3 is 11.7 Å². The minimum absolute atomic E-state index is 0.195. The molecule has 2 heterocycles. The van der Waals surface area contributed by atoms with Crippen molar-refractivity contribution in [1.82, 2.24) is 9.97 Å². The van der Waals surface area contributed by atoms with Crippen molar-refractivity contribution in [2.24, 2.45) is 0 Å². The summed E-state index contributed by atoms with van der Waals surface area (Å²) in [5.41, 5.74) is -0.218. The van der Waals surface area contributed by atoms with Crippen molar-refractivity contribution < 1.29 is 19.2 Å². The summed E-state index contributed by atoms with van der Waals surface area (Å²) >= 11 is 0.971. The maximum atomic E-state index is 10.6. The van der Waals surface area contributed by atoms with Gasteiger partial charge in [0.2, 0.25) is 5.76 Å². The molecule has 0 spiro atoms. The molecule has 0 radical (unpaired) electrons. The van der Waals surface area contributed by atoms with Crippen molar-refractivity contribution in [3.05, 3.63) is 40.4 Å². The molecule has 2 aromatic rings. The fourth-order valence-electron chi connectivity index (χ4n) is 1.04. The van der Waals surface area contributed by atoms with Crippen molar-refractivity contribution in [2.45, 2.75) is 10.2 Å². The zero-order valence-electron chi connectivity index (χ0n) is 8.64. The molecule has 0 fully saturated rings. The number of carboxylic acid groups (broad SMARTS) is 1. The van der Waals surface area contributed by atoms with Gasteiger partial charge in [0.25, 0.3) is 0 Å². The van der Waals surface area contributed by atoms with Gasteiger partial charge < -0.3 is 9.52 Å².